The maximum atomic E-state index is 13.2. The Morgan fingerprint density at radius 1 is 0.878 bits per heavy atom. The molecule has 4 aromatic rings. The van der Waals surface area contributed by atoms with Crippen molar-refractivity contribution in [3.63, 3.8) is 0 Å². The van der Waals surface area contributed by atoms with E-state index in [1.165, 1.54) is 4.57 Å². The number of piperidine rings is 1. The number of aromatic nitrogens is 1. The van der Waals surface area contributed by atoms with Gasteiger partial charge >= 0.3 is 6.09 Å². The van der Waals surface area contributed by atoms with E-state index in [0.29, 0.717) is 18.7 Å². The quantitative estimate of drug-likeness (QED) is 0.245. The maximum absolute atomic E-state index is 13.2. The first kappa shape index (κ1) is 29.1. The highest BCUT2D eigenvalue weighted by molar-refractivity contribution is 6.18. The fraction of sp³-hybridized carbons (Fsp3) is 0.364. The van der Waals surface area contributed by atoms with Gasteiger partial charge in [-0.15, -0.1) is 11.6 Å². The Morgan fingerprint density at radius 3 is 2.02 bits per heavy atom. The number of alkyl halides is 1. The second-order valence-electron chi connectivity index (χ2n) is 11.3. The summed E-state index contributed by atoms with van der Waals surface area (Å²) in [5.41, 5.74) is 2.85. The number of carbonyl (C=O) groups is 1. The van der Waals surface area contributed by atoms with E-state index in [0.717, 1.165) is 22.2 Å². The molecule has 1 aromatic heterocycles. The zero-order valence-electron chi connectivity index (χ0n) is 23.7. The average Bonchev–Trinajstić information content (AvgIpc) is 3.35. The summed E-state index contributed by atoms with van der Waals surface area (Å²) in [7, 11) is 0. The van der Waals surface area contributed by atoms with Crippen molar-refractivity contribution in [1.29, 1.82) is 0 Å². The van der Waals surface area contributed by atoms with Crippen LogP contribution in [0, 0.1) is 0 Å². The molecule has 0 bridgehead atoms. The maximum Gasteiger partial charge on any atom is 0.419 e. The van der Waals surface area contributed by atoms with Crippen LogP contribution in [0.5, 0.6) is 0 Å². The lowest BCUT2D eigenvalue weighted by molar-refractivity contribution is -0.149. The number of aliphatic hydroxyl groups excluding tert-OH is 1. The summed E-state index contributed by atoms with van der Waals surface area (Å²) in [6.07, 6.45) is -0.741. The van der Waals surface area contributed by atoms with Gasteiger partial charge in [-0.1, -0.05) is 78.9 Å². The van der Waals surface area contributed by atoms with Crippen molar-refractivity contribution in [3.8, 4) is 0 Å². The van der Waals surface area contributed by atoms with Gasteiger partial charge in [-0.05, 0) is 38.0 Å². The van der Waals surface area contributed by atoms with E-state index in [-0.39, 0.29) is 18.5 Å². The van der Waals surface area contributed by atoms with Gasteiger partial charge in [0.25, 0.3) is 0 Å². The Hall–Kier alpha value is -3.36. The molecule has 41 heavy (non-hydrogen) atoms. The summed E-state index contributed by atoms with van der Waals surface area (Å²) >= 11 is 6.68. The molecule has 0 saturated carbocycles. The number of halogens is 1. The summed E-state index contributed by atoms with van der Waals surface area (Å²) < 4.78 is 20.1. The molecule has 0 spiro atoms. The Labute approximate surface area is 246 Å². The van der Waals surface area contributed by atoms with E-state index in [4.69, 9.17) is 25.8 Å². The molecular formula is C33H37ClN2O5. The van der Waals surface area contributed by atoms with E-state index in [1.54, 1.807) is 6.20 Å². The zero-order valence-corrected chi connectivity index (χ0v) is 24.4. The molecule has 0 amide bonds. The van der Waals surface area contributed by atoms with Crippen molar-refractivity contribution < 1.29 is 24.1 Å². The topological polar surface area (TPSA) is 73.2 Å². The van der Waals surface area contributed by atoms with Crippen LogP contribution in [0.15, 0.2) is 91.1 Å². The third-order valence-electron chi connectivity index (χ3n) is 7.19. The number of hydrogen-bond donors (Lipinski definition) is 1. The Morgan fingerprint density at radius 2 is 1.44 bits per heavy atom. The van der Waals surface area contributed by atoms with E-state index >= 15 is 0 Å². The SMILES string of the molecule is CC(C)(C)OC(=O)n1cc(N2C[C@H](O)[C@@H](OCc3ccccc3)[C@H](OCc3ccccc3)[C@H]2CCl)c2ccccc21. The van der Waals surface area contributed by atoms with Crippen LogP contribution in [0.3, 0.4) is 0 Å². The molecule has 1 fully saturated rings. The van der Waals surface area contributed by atoms with Crippen LogP contribution in [0.25, 0.3) is 10.9 Å². The standard InChI is InChI=1S/C33H37ClN2O5/c1-33(2,3)41-32(38)36-19-28(25-16-10-11-17-26(25)36)35-20-29(37)31(40-22-24-14-8-5-9-15-24)30(27(35)18-34)39-21-23-12-6-4-7-13-23/h4-17,19,27,29-31,37H,18,20-22H2,1-3H3/t27-,29+,30-,31-/m1/s1. The van der Waals surface area contributed by atoms with Gasteiger partial charge in [0.2, 0.25) is 0 Å². The second-order valence-corrected chi connectivity index (χ2v) is 11.7. The number of hydrogen-bond acceptors (Lipinski definition) is 6. The molecule has 0 radical (unpaired) electrons. The van der Waals surface area contributed by atoms with Gasteiger partial charge in [0, 0.05) is 24.0 Å². The smallest absolute Gasteiger partial charge is 0.419 e. The summed E-state index contributed by atoms with van der Waals surface area (Å²) in [6.45, 7) is 6.44. The average molecular weight is 577 g/mol. The van der Waals surface area contributed by atoms with Gasteiger partial charge in [-0.3, -0.25) is 4.57 Å². The van der Waals surface area contributed by atoms with Crippen molar-refractivity contribution in [3.05, 3.63) is 102 Å². The number of rotatable bonds is 8. The van der Waals surface area contributed by atoms with Crippen LogP contribution in [-0.2, 0) is 27.4 Å². The fourth-order valence-corrected chi connectivity index (χ4v) is 5.64. The van der Waals surface area contributed by atoms with Gasteiger partial charge < -0.3 is 24.2 Å². The number of fused-ring (bicyclic) bond motifs is 1. The van der Waals surface area contributed by atoms with Crippen molar-refractivity contribution in [2.24, 2.45) is 0 Å². The van der Waals surface area contributed by atoms with Crippen LogP contribution in [0.1, 0.15) is 31.9 Å². The molecule has 216 valence electrons. The van der Waals surface area contributed by atoms with Crippen LogP contribution in [0.4, 0.5) is 10.5 Å². The number of para-hydroxylation sites is 1. The van der Waals surface area contributed by atoms with E-state index in [2.05, 4.69) is 0 Å². The first-order valence-electron chi connectivity index (χ1n) is 13.9. The molecule has 1 aliphatic rings. The molecule has 5 rings (SSSR count). The first-order chi connectivity index (χ1) is 19.7. The third-order valence-corrected chi connectivity index (χ3v) is 7.50. The number of β-amino-alcohol motifs (C(OH)–C–C–N with tert-alkyl or cyclic N) is 1. The second kappa shape index (κ2) is 12.7. The predicted octanol–water partition coefficient (Wildman–Crippen LogP) is 6.38. The number of ether oxygens (including phenoxy) is 3. The summed E-state index contributed by atoms with van der Waals surface area (Å²) in [5.74, 6) is 0.226. The van der Waals surface area contributed by atoms with Crippen LogP contribution in [-0.4, -0.2) is 58.1 Å². The zero-order chi connectivity index (χ0) is 29.0. The van der Waals surface area contributed by atoms with Gasteiger partial charge in [0.1, 0.15) is 23.9 Å². The summed E-state index contributed by atoms with van der Waals surface area (Å²) in [4.78, 5) is 15.2. The molecule has 1 saturated heterocycles. The normalized spacial score (nSPS) is 21.2. The minimum Gasteiger partial charge on any atom is -0.443 e. The Balaban J connectivity index is 1.49. The minimum absolute atomic E-state index is 0.226. The number of anilines is 1. The van der Waals surface area contributed by atoms with Gasteiger partial charge in [-0.25, -0.2) is 4.79 Å². The molecule has 4 atom stereocenters. The largest absolute Gasteiger partial charge is 0.443 e. The fourth-order valence-electron chi connectivity index (χ4n) is 5.30. The Kier molecular flexibility index (Phi) is 9.00. The molecular weight excluding hydrogens is 540 g/mol. The molecule has 8 heteroatoms. The number of benzene rings is 3. The highest BCUT2D eigenvalue weighted by atomic mass is 35.5. The van der Waals surface area contributed by atoms with Gasteiger partial charge in [-0.2, -0.15) is 0 Å². The summed E-state index contributed by atoms with van der Waals surface area (Å²) in [6, 6.07) is 27.1. The van der Waals surface area contributed by atoms with Crippen molar-refractivity contribution >= 4 is 34.3 Å². The lowest BCUT2D eigenvalue weighted by Crippen LogP contribution is -2.63. The highest BCUT2D eigenvalue weighted by Gasteiger charge is 2.45. The molecule has 0 unspecified atom stereocenters. The van der Waals surface area contributed by atoms with E-state index < -0.39 is 30.0 Å². The first-order valence-corrected chi connectivity index (χ1v) is 14.4. The van der Waals surface area contributed by atoms with Crippen LogP contribution >= 0.6 is 11.6 Å². The number of nitrogens with zero attached hydrogens (tertiary/aromatic N) is 2. The van der Waals surface area contributed by atoms with Crippen molar-refractivity contribution in [2.45, 2.75) is 63.9 Å². The minimum atomic E-state index is -0.873. The highest BCUT2D eigenvalue weighted by Crippen LogP contribution is 2.36. The molecule has 0 aliphatic carbocycles. The molecule has 7 nitrogen and oxygen atoms in total. The van der Waals surface area contributed by atoms with Crippen LogP contribution < -0.4 is 4.90 Å². The number of aliphatic hydroxyl groups is 1. The van der Waals surface area contributed by atoms with Gasteiger partial charge in [0.15, 0.2) is 0 Å². The lowest BCUT2D eigenvalue weighted by Gasteiger charge is -2.47. The van der Waals surface area contributed by atoms with Gasteiger partial charge in [0.05, 0.1) is 30.5 Å². The molecule has 1 N–H and O–H groups in total. The molecule has 2 heterocycles. The van der Waals surface area contributed by atoms with Crippen molar-refractivity contribution in [1.82, 2.24) is 4.57 Å². The van der Waals surface area contributed by atoms with Crippen LogP contribution in [0.2, 0.25) is 0 Å². The van der Waals surface area contributed by atoms with E-state index in [1.807, 2.05) is 111 Å². The lowest BCUT2D eigenvalue weighted by atomic mass is 9.93. The Bertz CT molecular complexity index is 1440. The predicted molar refractivity (Wildman–Crippen MR) is 161 cm³/mol. The summed E-state index contributed by atoms with van der Waals surface area (Å²) in [5, 5.41) is 12.4. The monoisotopic (exact) mass is 576 g/mol. The molecule has 1 aliphatic heterocycles. The van der Waals surface area contributed by atoms with Crippen molar-refractivity contribution in [2.75, 3.05) is 17.3 Å². The third kappa shape index (κ3) is 6.76. The molecule has 3 aromatic carbocycles. The number of carbonyl (C=O) groups excluding carboxylic acids is 1. The van der Waals surface area contributed by atoms with E-state index in [9.17, 15) is 9.90 Å².